The molecule has 216 valence electrons. The first kappa shape index (κ1) is 27.7. The molecule has 9 heteroatoms. The fraction of sp³-hybridized carbons (Fsp3) is 0.469. The van der Waals surface area contributed by atoms with Crippen LogP contribution in [0.1, 0.15) is 77.9 Å². The van der Waals surface area contributed by atoms with E-state index in [1.807, 2.05) is 0 Å². The number of aromatic amines is 1. The van der Waals surface area contributed by atoms with Crippen molar-refractivity contribution < 1.29 is 18.0 Å². The summed E-state index contributed by atoms with van der Waals surface area (Å²) in [6.07, 6.45) is 2.23. The van der Waals surface area contributed by atoms with E-state index in [1.54, 1.807) is 4.90 Å². The Morgan fingerprint density at radius 3 is 2.46 bits per heavy atom. The van der Waals surface area contributed by atoms with E-state index in [-0.39, 0.29) is 29.8 Å². The van der Waals surface area contributed by atoms with Gasteiger partial charge in [0.15, 0.2) is 0 Å². The molecule has 6 nitrogen and oxygen atoms in total. The van der Waals surface area contributed by atoms with E-state index < -0.39 is 11.7 Å². The van der Waals surface area contributed by atoms with E-state index in [1.165, 1.54) is 42.5 Å². The van der Waals surface area contributed by atoms with Crippen molar-refractivity contribution in [3.63, 3.8) is 0 Å². The number of benzene rings is 2. The van der Waals surface area contributed by atoms with Gasteiger partial charge < -0.3 is 9.88 Å². The molecule has 41 heavy (non-hydrogen) atoms. The van der Waals surface area contributed by atoms with Gasteiger partial charge in [-0.15, -0.1) is 0 Å². The van der Waals surface area contributed by atoms with Gasteiger partial charge >= 0.3 is 6.18 Å². The van der Waals surface area contributed by atoms with Gasteiger partial charge in [0.25, 0.3) is 5.56 Å². The fourth-order valence-electron chi connectivity index (χ4n) is 6.34. The summed E-state index contributed by atoms with van der Waals surface area (Å²) in [6, 6.07) is 13.5. The van der Waals surface area contributed by atoms with Gasteiger partial charge in [0, 0.05) is 13.1 Å². The highest BCUT2D eigenvalue weighted by Gasteiger charge is 2.49. The molecule has 3 aliphatic rings. The Morgan fingerprint density at radius 2 is 1.71 bits per heavy atom. The minimum Gasteiger partial charge on any atom is -0.338 e. The Kier molecular flexibility index (Phi) is 7.49. The highest BCUT2D eigenvalue weighted by atomic mass is 19.4. The molecule has 0 bridgehead atoms. The topological polar surface area (TPSA) is 69.3 Å². The molecule has 0 unspecified atom stereocenters. The number of aromatic nitrogens is 2. The van der Waals surface area contributed by atoms with Crippen LogP contribution in [0.15, 0.2) is 53.3 Å². The molecular formula is C32H35F3N4O2. The molecule has 6 rings (SSSR count). The van der Waals surface area contributed by atoms with Gasteiger partial charge in [-0.2, -0.15) is 13.2 Å². The standard InChI is InChI=1S/C32H35F3N4O2/c33-32(34,35)25-10-4-7-22(17-25)19-28(40)39-16-6-11-27-26(21-39)29(41)37-30(36-27)31(12-13-31)24-9-5-8-23(18-24)20-38-14-2-1-3-15-38/h4-5,7-10,17-18H,1-3,6,11-16,19-21H2,(H,36,37,41). The number of H-pyrrole nitrogens is 1. The smallest absolute Gasteiger partial charge is 0.338 e. The van der Waals surface area contributed by atoms with Crippen molar-refractivity contribution in [2.24, 2.45) is 0 Å². The quantitative estimate of drug-likeness (QED) is 0.437. The molecule has 2 aromatic carbocycles. The first-order valence-electron chi connectivity index (χ1n) is 14.6. The average Bonchev–Trinajstić information content (AvgIpc) is 3.78. The largest absolute Gasteiger partial charge is 0.416 e. The monoisotopic (exact) mass is 564 g/mol. The van der Waals surface area contributed by atoms with Crippen molar-refractivity contribution in [2.75, 3.05) is 19.6 Å². The minimum absolute atomic E-state index is 0.105. The lowest BCUT2D eigenvalue weighted by Gasteiger charge is -2.27. The number of likely N-dealkylation sites (tertiary alicyclic amines) is 1. The van der Waals surface area contributed by atoms with Gasteiger partial charge in [-0.3, -0.25) is 14.5 Å². The van der Waals surface area contributed by atoms with Crippen LogP contribution in [-0.4, -0.2) is 45.3 Å². The molecule has 3 aromatic rings. The minimum atomic E-state index is -4.47. The lowest BCUT2D eigenvalue weighted by Crippen LogP contribution is -2.34. The number of fused-ring (bicyclic) bond motifs is 1. The van der Waals surface area contributed by atoms with Crippen LogP contribution in [0.4, 0.5) is 13.2 Å². The first-order chi connectivity index (χ1) is 19.7. The number of halogens is 3. The number of carbonyl (C=O) groups excluding carboxylic acids is 1. The van der Waals surface area contributed by atoms with E-state index in [4.69, 9.17) is 4.98 Å². The number of carbonyl (C=O) groups is 1. The van der Waals surface area contributed by atoms with Crippen LogP contribution in [0, 0.1) is 0 Å². The molecule has 1 N–H and O–H groups in total. The van der Waals surface area contributed by atoms with Gasteiger partial charge in [0.05, 0.1) is 35.2 Å². The van der Waals surface area contributed by atoms with E-state index in [0.717, 1.165) is 44.6 Å². The average molecular weight is 565 g/mol. The van der Waals surface area contributed by atoms with Crippen LogP contribution in [0.25, 0.3) is 0 Å². The number of piperidine rings is 1. The third-order valence-electron chi connectivity index (χ3n) is 8.79. The Morgan fingerprint density at radius 1 is 0.951 bits per heavy atom. The summed E-state index contributed by atoms with van der Waals surface area (Å²) in [7, 11) is 0. The molecular weight excluding hydrogens is 529 g/mol. The zero-order valence-electron chi connectivity index (χ0n) is 23.1. The number of hydrogen-bond acceptors (Lipinski definition) is 4. The molecule has 1 aliphatic carbocycles. The first-order valence-corrected chi connectivity index (χ1v) is 14.6. The summed E-state index contributed by atoms with van der Waals surface area (Å²) < 4.78 is 39.4. The van der Waals surface area contributed by atoms with Crippen LogP contribution in [0.3, 0.4) is 0 Å². The van der Waals surface area contributed by atoms with Crippen LogP contribution in [-0.2, 0) is 42.3 Å². The van der Waals surface area contributed by atoms with Crippen molar-refractivity contribution >= 4 is 5.91 Å². The number of nitrogens with zero attached hydrogens (tertiary/aromatic N) is 3. The van der Waals surface area contributed by atoms with Crippen LogP contribution in [0.2, 0.25) is 0 Å². The predicted molar refractivity (Wildman–Crippen MR) is 149 cm³/mol. The summed E-state index contributed by atoms with van der Waals surface area (Å²) in [4.78, 5) is 38.6. The zero-order valence-corrected chi connectivity index (χ0v) is 23.1. The Labute approximate surface area is 237 Å². The molecule has 1 amide bonds. The van der Waals surface area contributed by atoms with Gasteiger partial charge in [-0.05, 0) is 74.4 Å². The molecule has 0 atom stereocenters. The molecule has 1 saturated carbocycles. The molecule has 2 fully saturated rings. The molecule has 3 heterocycles. The van der Waals surface area contributed by atoms with Gasteiger partial charge in [0.2, 0.25) is 5.91 Å². The summed E-state index contributed by atoms with van der Waals surface area (Å²) in [5, 5.41) is 0. The van der Waals surface area contributed by atoms with Crippen LogP contribution < -0.4 is 5.56 Å². The second kappa shape index (κ2) is 11.1. The SMILES string of the molecule is O=C(Cc1cccc(C(F)(F)F)c1)N1CCCc2nc(C3(c4cccc(CN5CCCCC5)c4)CC3)[nH]c(=O)c2C1. The lowest BCUT2D eigenvalue weighted by molar-refractivity contribution is -0.138. The summed E-state index contributed by atoms with van der Waals surface area (Å²) in [5.41, 5.74) is 2.64. The van der Waals surface area contributed by atoms with Gasteiger partial charge in [-0.25, -0.2) is 4.98 Å². The maximum atomic E-state index is 13.4. The second-order valence-electron chi connectivity index (χ2n) is 11.8. The zero-order chi connectivity index (χ0) is 28.6. The second-order valence-corrected chi connectivity index (χ2v) is 11.8. The number of aryl methyl sites for hydroxylation is 1. The van der Waals surface area contributed by atoms with E-state index in [9.17, 15) is 22.8 Å². The van der Waals surface area contributed by atoms with Crippen LogP contribution in [0.5, 0.6) is 0 Å². The van der Waals surface area contributed by atoms with E-state index in [2.05, 4.69) is 34.1 Å². The number of rotatable bonds is 6. The molecule has 1 saturated heterocycles. The summed E-state index contributed by atoms with van der Waals surface area (Å²) in [5.74, 6) is 0.393. The predicted octanol–water partition coefficient (Wildman–Crippen LogP) is 5.37. The molecule has 0 spiro atoms. The highest BCUT2D eigenvalue weighted by molar-refractivity contribution is 5.79. The number of nitrogens with one attached hydrogen (secondary N) is 1. The van der Waals surface area contributed by atoms with Crippen molar-refractivity contribution in [1.82, 2.24) is 19.8 Å². The maximum absolute atomic E-state index is 13.4. The van der Waals surface area contributed by atoms with Crippen molar-refractivity contribution in [3.8, 4) is 0 Å². The van der Waals surface area contributed by atoms with Crippen molar-refractivity contribution in [2.45, 2.75) is 76.0 Å². The fourth-order valence-corrected chi connectivity index (χ4v) is 6.34. The highest BCUT2D eigenvalue weighted by Crippen LogP contribution is 2.52. The molecule has 1 aromatic heterocycles. The van der Waals surface area contributed by atoms with Gasteiger partial charge in [-0.1, -0.05) is 48.9 Å². The number of alkyl halides is 3. The molecule has 0 radical (unpaired) electrons. The Hall–Kier alpha value is -3.46. The maximum Gasteiger partial charge on any atom is 0.416 e. The third-order valence-corrected chi connectivity index (χ3v) is 8.79. The number of amides is 1. The van der Waals surface area contributed by atoms with E-state index in [0.29, 0.717) is 42.0 Å². The summed E-state index contributed by atoms with van der Waals surface area (Å²) in [6.45, 7) is 3.73. The number of hydrogen-bond donors (Lipinski definition) is 1. The Balaban J connectivity index is 1.20. The van der Waals surface area contributed by atoms with Crippen molar-refractivity contribution in [1.29, 1.82) is 0 Å². The van der Waals surface area contributed by atoms with Crippen LogP contribution >= 0.6 is 0 Å². The lowest BCUT2D eigenvalue weighted by atomic mass is 9.92. The van der Waals surface area contributed by atoms with E-state index >= 15 is 0 Å². The normalized spacial score (nSPS) is 19.0. The van der Waals surface area contributed by atoms with Gasteiger partial charge in [0.1, 0.15) is 5.82 Å². The Bertz CT molecular complexity index is 1490. The van der Waals surface area contributed by atoms with Crippen molar-refractivity contribution in [3.05, 3.63) is 98.2 Å². The summed E-state index contributed by atoms with van der Waals surface area (Å²) >= 11 is 0. The third kappa shape index (κ3) is 5.96. The molecule has 2 aliphatic heterocycles.